The summed E-state index contributed by atoms with van der Waals surface area (Å²) in [7, 11) is 0. The van der Waals surface area contributed by atoms with Gasteiger partial charge in [-0.15, -0.1) is 0 Å². The van der Waals surface area contributed by atoms with E-state index in [2.05, 4.69) is 10.6 Å². The fourth-order valence-electron chi connectivity index (χ4n) is 1.96. The molecule has 2 aromatic rings. The second-order valence-electron chi connectivity index (χ2n) is 5.16. The summed E-state index contributed by atoms with van der Waals surface area (Å²) in [6, 6.07) is 13.6. The van der Waals surface area contributed by atoms with Crippen molar-refractivity contribution < 1.29 is 23.5 Å². The first-order valence-electron chi connectivity index (χ1n) is 7.59. The number of urea groups is 1. The van der Waals surface area contributed by atoms with Crippen LogP contribution in [0.2, 0.25) is 0 Å². The molecule has 2 N–H and O–H groups in total. The molecule has 0 aliphatic heterocycles. The Morgan fingerprint density at radius 3 is 2.32 bits per heavy atom. The van der Waals surface area contributed by atoms with Crippen molar-refractivity contribution in [3.63, 3.8) is 0 Å². The van der Waals surface area contributed by atoms with Crippen LogP contribution in [-0.2, 0) is 20.7 Å². The van der Waals surface area contributed by atoms with E-state index in [0.717, 1.165) is 5.56 Å². The molecule has 6 nitrogen and oxygen atoms in total. The normalized spacial score (nSPS) is 9.96. The third kappa shape index (κ3) is 6.82. The molecule has 7 heteroatoms. The summed E-state index contributed by atoms with van der Waals surface area (Å²) in [4.78, 5) is 34.7. The molecule has 130 valence electrons. The van der Waals surface area contributed by atoms with E-state index < -0.39 is 24.5 Å². The van der Waals surface area contributed by atoms with Gasteiger partial charge in [0.2, 0.25) is 0 Å². The van der Waals surface area contributed by atoms with Gasteiger partial charge in [-0.2, -0.15) is 0 Å². The molecule has 2 rings (SSSR count). The molecular formula is C18H17FN2O4. The van der Waals surface area contributed by atoms with Crippen LogP contribution in [-0.4, -0.2) is 24.5 Å². The topological polar surface area (TPSA) is 84.5 Å². The molecule has 0 saturated carbocycles. The second kappa shape index (κ2) is 9.17. The van der Waals surface area contributed by atoms with Crippen LogP contribution >= 0.6 is 0 Å². The zero-order valence-corrected chi connectivity index (χ0v) is 13.3. The third-order valence-electron chi connectivity index (χ3n) is 3.18. The molecule has 0 heterocycles. The van der Waals surface area contributed by atoms with Gasteiger partial charge in [0.25, 0.3) is 5.91 Å². The van der Waals surface area contributed by atoms with Crippen LogP contribution in [0.3, 0.4) is 0 Å². The molecule has 0 aliphatic carbocycles. The minimum Gasteiger partial charge on any atom is -0.456 e. The standard InChI is InChI=1S/C18H17FN2O4/c19-14-9-6-13(7-10-14)8-11-17(23)25-12-16(22)21-18(24)20-15-4-2-1-3-5-15/h1-7,9-10H,8,11-12H2,(H2,20,21,22,24). The molecule has 0 fully saturated rings. The number of esters is 1. The lowest BCUT2D eigenvalue weighted by atomic mass is 10.1. The summed E-state index contributed by atoms with van der Waals surface area (Å²) in [5.41, 5.74) is 1.31. The van der Waals surface area contributed by atoms with Gasteiger partial charge in [-0.1, -0.05) is 30.3 Å². The predicted octanol–water partition coefficient (Wildman–Crippen LogP) is 2.65. The van der Waals surface area contributed by atoms with Crippen molar-refractivity contribution in [3.05, 3.63) is 66.0 Å². The number of amides is 3. The summed E-state index contributed by atoms with van der Waals surface area (Å²) >= 11 is 0. The number of carbonyl (C=O) groups is 3. The molecular weight excluding hydrogens is 327 g/mol. The number of rotatable bonds is 6. The second-order valence-corrected chi connectivity index (χ2v) is 5.16. The first-order valence-corrected chi connectivity index (χ1v) is 7.59. The molecule has 0 radical (unpaired) electrons. The van der Waals surface area contributed by atoms with Crippen molar-refractivity contribution in [1.29, 1.82) is 0 Å². The molecule has 0 aliphatic rings. The number of imide groups is 1. The number of benzene rings is 2. The smallest absolute Gasteiger partial charge is 0.325 e. The Labute approximate surface area is 144 Å². The average Bonchev–Trinajstić information content (AvgIpc) is 2.60. The van der Waals surface area contributed by atoms with E-state index in [1.54, 1.807) is 42.5 Å². The van der Waals surface area contributed by atoms with E-state index in [0.29, 0.717) is 12.1 Å². The lowest BCUT2D eigenvalue weighted by Gasteiger charge is -2.07. The van der Waals surface area contributed by atoms with Crippen LogP contribution in [0.25, 0.3) is 0 Å². The van der Waals surface area contributed by atoms with Crippen LogP contribution in [0, 0.1) is 5.82 Å². The van der Waals surface area contributed by atoms with Crippen molar-refractivity contribution in [2.24, 2.45) is 0 Å². The summed E-state index contributed by atoms with van der Waals surface area (Å²) < 4.78 is 17.6. The first-order chi connectivity index (χ1) is 12.0. The maximum absolute atomic E-state index is 12.8. The number of anilines is 1. The fourth-order valence-corrected chi connectivity index (χ4v) is 1.96. The van der Waals surface area contributed by atoms with E-state index >= 15 is 0 Å². The van der Waals surface area contributed by atoms with Crippen molar-refractivity contribution in [3.8, 4) is 0 Å². The number of nitrogens with one attached hydrogen (secondary N) is 2. The van der Waals surface area contributed by atoms with Gasteiger partial charge in [-0.05, 0) is 36.2 Å². The largest absolute Gasteiger partial charge is 0.456 e. The SMILES string of the molecule is O=C(COC(=O)CCc1ccc(F)cc1)NC(=O)Nc1ccccc1. The van der Waals surface area contributed by atoms with Crippen molar-refractivity contribution in [1.82, 2.24) is 5.32 Å². The van der Waals surface area contributed by atoms with E-state index in [-0.39, 0.29) is 12.2 Å². The maximum Gasteiger partial charge on any atom is 0.325 e. The molecule has 25 heavy (non-hydrogen) atoms. The molecule has 0 saturated heterocycles. The van der Waals surface area contributed by atoms with Gasteiger partial charge in [0, 0.05) is 12.1 Å². The average molecular weight is 344 g/mol. The lowest BCUT2D eigenvalue weighted by molar-refractivity contribution is -0.148. The zero-order chi connectivity index (χ0) is 18.1. The Morgan fingerprint density at radius 2 is 1.64 bits per heavy atom. The van der Waals surface area contributed by atoms with Crippen LogP contribution in [0.5, 0.6) is 0 Å². The Balaban J connectivity index is 1.66. The Kier molecular flexibility index (Phi) is 6.65. The number of hydrogen-bond acceptors (Lipinski definition) is 4. The van der Waals surface area contributed by atoms with Crippen LogP contribution in [0.15, 0.2) is 54.6 Å². The molecule has 0 unspecified atom stereocenters. The molecule has 3 amide bonds. The van der Waals surface area contributed by atoms with Gasteiger partial charge in [0.15, 0.2) is 6.61 Å². The highest BCUT2D eigenvalue weighted by Gasteiger charge is 2.11. The van der Waals surface area contributed by atoms with E-state index in [1.807, 2.05) is 0 Å². The summed E-state index contributed by atoms with van der Waals surface area (Å²) in [5.74, 6) is -1.66. The quantitative estimate of drug-likeness (QED) is 0.789. The monoisotopic (exact) mass is 344 g/mol. The Bertz CT molecular complexity index is 733. The number of aryl methyl sites for hydroxylation is 1. The van der Waals surface area contributed by atoms with Gasteiger partial charge in [0.05, 0.1) is 0 Å². The Morgan fingerprint density at radius 1 is 0.960 bits per heavy atom. The highest BCUT2D eigenvalue weighted by Crippen LogP contribution is 2.06. The number of para-hydroxylation sites is 1. The minimum atomic E-state index is -0.733. The zero-order valence-electron chi connectivity index (χ0n) is 13.3. The molecule has 0 atom stereocenters. The minimum absolute atomic E-state index is 0.0507. The molecule has 2 aromatic carbocycles. The predicted molar refractivity (Wildman–Crippen MR) is 89.3 cm³/mol. The summed E-state index contributed by atoms with van der Waals surface area (Å²) in [6.07, 6.45) is 0.421. The number of hydrogen-bond donors (Lipinski definition) is 2. The van der Waals surface area contributed by atoms with E-state index in [4.69, 9.17) is 4.74 Å². The highest BCUT2D eigenvalue weighted by molar-refractivity contribution is 6.01. The first kappa shape index (κ1) is 18.1. The molecule has 0 spiro atoms. The maximum atomic E-state index is 12.8. The van der Waals surface area contributed by atoms with Crippen molar-refractivity contribution in [2.75, 3.05) is 11.9 Å². The number of carbonyl (C=O) groups excluding carboxylic acids is 3. The van der Waals surface area contributed by atoms with Crippen LogP contribution in [0.1, 0.15) is 12.0 Å². The van der Waals surface area contributed by atoms with Crippen LogP contribution < -0.4 is 10.6 Å². The van der Waals surface area contributed by atoms with Gasteiger partial charge in [-0.3, -0.25) is 14.9 Å². The van der Waals surface area contributed by atoms with Crippen molar-refractivity contribution in [2.45, 2.75) is 12.8 Å². The van der Waals surface area contributed by atoms with Crippen molar-refractivity contribution >= 4 is 23.6 Å². The van der Waals surface area contributed by atoms with Gasteiger partial charge in [0.1, 0.15) is 5.82 Å². The van der Waals surface area contributed by atoms with E-state index in [1.165, 1.54) is 12.1 Å². The fraction of sp³-hybridized carbons (Fsp3) is 0.167. The highest BCUT2D eigenvalue weighted by atomic mass is 19.1. The van der Waals surface area contributed by atoms with Crippen LogP contribution in [0.4, 0.5) is 14.9 Å². The Hall–Kier alpha value is -3.22. The summed E-state index contributed by atoms with van der Waals surface area (Å²) in [6.45, 7) is -0.551. The van der Waals surface area contributed by atoms with E-state index in [9.17, 15) is 18.8 Å². The van der Waals surface area contributed by atoms with Gasteiger partial charge in [-0.25, -0.2) is 9.18 Å². The lowest BCUT2D eigenvalue weighted by Crippen LogP contribution is -2.37. The summed E-state index contributed by atoms with van der Waals surface area (Å²) in [5, 5.41) is 4.53. The van der Waals surface area contributed by atoms with Gasteiger partial charge < -0.3 is 10.1 Å². The molecule has 0 bridgehead atoms. The number of ether oxygens (including phenoxy) is 1. The van der Waals surface area contributed by atoms with Gasteiger partial charge >= 0.3 is 12.0 Å². The molecule has 0 aromatic heterocycles. The number of halogens is 1. The third-order valence-corrected chi connectivity index (χ3v) is 3.18.